The number of anilines is 1. The first-order valence-electron chi connectivity index (χ1n) is 4.67. The van der Waals surface area contributed by atoms with Crippen molar-refractivity contribution in [2.75, 3.05) is 12.8 Å². The molecule has 0 saturated carbocycles. The molecule has 0 fully saturated rings. The predicted octanol–water partition coefficient (Wildman–Crippen LogP) is -1.21. The smallest absolute Gasteiger partial charge is 0.331 e. The summed E-state index contributed by atoms with van der Waals surface area (Å²) in [6.45, 7) is 1.66. The van der Waals surface area contributed by atoms with Gasteiger partial charge in [-0.2, -0.15) is 0 Å². The highest BCUT2D eigenvalue weighted by molar-refractivity contribution is 5.69. The lowest BCUT2D eigenvalue weighted by Gasteiger charge is -2.08. The Balaban J connectivity index is 3.37. The monoisotopic (exact) mass is 227 g/mol. The number of carbonyl (C=O) groups is 1. The topological polar surface area (TPSA) is 96.3 Å². The molecule has 0 aliphatic heterocycles. The highest BCUT2D eigenvalue weighted by atomic mass is 16.5. The molecule has 7 nitrogen and oxygen atoms in total. The van der Waals surface area contributed by atoms with Gasteiger partial charge in [0.05, 0.1) is 7.11 Å². The maximum absolute atomic E-state index is 11.7. The molecule has 16 heavy (non-hydrogen) atoms. The van der Waals surface area contributed by atoms with Gasteiger partial charge in [0.25, 0.3) is 5.56 Å². The van der Waals surface area contributed by atoms with Gasteiger partial charge in [0.15, 0.2) is 0 Å². The molecular formula is C9H13N3O4. The van der Waals surface area contributed by atoms with Gasteiger partial charge in [-0.25, -0.2) is 9.36 Å². The summed E-state index contributed by atoms with van der Waals surface area (Å²) >= 11 is 0. The summed E-state index contributed by atoms with van der Waals surface area (Å²) in [4.78, 5) is 34.2. The SMILES string of the molecule is CCn1cc(N)c(=O)n(CC(=O)OC)c1=O. The summed E-state index contributed by atoms with van der Waals surface area (Å²) in [5.74, 6) is -0.674. The molecule has 88 valence electrons. The van der Waals surface area contributed by atoms with Crippen LogP contribution in [0, 0.1) is 0 Å². The summed E-state index contributed by atoms with van der Waals surface area (Å²) in [7, 11) is 1.18. The first kappa shape index (κ1) is 12.0. The van der Waals surface area contributed by atoms with E-state index in [0.29, 0.717) is 6.54 Å². The fourth-order valence-corrected chi connectivity index (χ4v) is 1.24. The van der Waals surface area contributed by atoms with Crippen LogP contribution in [-0.2, 0) is 22.6 Å². The lowest BCUT2D eigenvalue weighted by Crippen LogP contribution is -2.42. The second kappa shape index (κ2) is 4.65. The summed E-state index contributed by atoms with van der Waals surface area (Å²) < 4.78 is 6.39. The average Bonchev–Trinajstić information content (AvgIpc) is 2.28. The van der Waals surface area contributed by atoms with E-state index in [1.54, 1.807) is 6.92 Å². The Labute approximate surface area is 91.1 Å². The van der Waals surface area contributed by atoms with Gasteiger partial charge in [-0.1, -0.05) is 0 Å². The molecule has 0 atom stereocenters. The number of ether oxygens (including phenoxy) is 1. The Morgan fingerprint density at radius 2 is 2.12 bits per heavy atom. The van der Waals surface area contributed by atoms with Crippen molar-refractivity contribution in [2.45, 2.75) is 20.0 Å². The van der Waals surface area contributed by atoms with Crippen LogP contribution in [0.4, 0.5) is 5.69 Å². The average molecular weight is 227 g/mol. The van der Waals surface area contributed by atoms with Crippen LogP contribution in [-0.4, -0.2) is 22.2 Å². The fourth-order valence-electron chi connectivity index (χ4n) is 1.24. The van der Waals surface area contributed by atoms with E-state index >= 15 is 0 Å². The molecule has 2 N–H and O–H groups in total. The lowest BCUT2D eigenvalue weighted by molar-refractivity contribution is -0.141. The van der Waals surface area contributed by atoms with Crippen molar-refractivity contribution in [3.05, 3.63) is 27.0 Å². The Kier molecular flexibility index (Phi) is 3.49. The highest BCUT2D eigenvalue weighted by Crippen LogP contribution is 1.90. The molecule has 0 bridgehead atoms. The number of hydrogen-bond donors (Lipinski definition) is 1. The van der Waals surface area contributed by atoms with Crippen LogP contribution >= 0.6 is 0 Å². The number of aromatic nitrogens is 2. The molecule has 1 aromatic heterocycles. The number of nitrogen functional groups attached to an aromatic ring is 1. The van der Waals surface area contributed by atoms with Gasteiger partial charge in [0.2, 0.25) is 0 Å². The van der Waals surface area contributed by atoms with Crippen molar-refractivity contribution >= 4 is 11.7 Å². The Hall–Kier alpha value is -2.05. The number of hydrogen-bond acceptors (Lipinski definition) is 5. The van der Waals surface area contributed by atoms with E-state index in [-0.39, 0.29) is 5.69 Å². The summed E-state index contributed by atoms with van der Waals surface area (Å²) in [6.07, 6.45) is 1.26. The van der Waals surface area contributed by atoms with Crippen LogP contribution < -0.4 is 17.0 Å². The van der Waals surface area contributed by atoms with Crippen molar-refractivity contribution in [1.29, 1.82) is 0 Å². The maximum Gasteiger partial charge on any atom is 0.331 e. The van der Waals surface area contributed by atoms with Crippen LogP contribution in [0.1, 0.15) is 6.92 Å². The van der Waals surface area contributed by atoms with E-state index in [1.165, 1.54) is 17.9 Å². The van der Waals surface area contributed by atoms with Crippen molar-refractivity contribution in [3.8, 4) is 0 Å². The minimum atomic E-state index is -0.680. The Morgan fingerprint density at radius 3 is 2.62 bits per heavy atom. The maximum atomic E-state index is 11.7. The zero-order chi connectivity index (χ0) is 12.3. The zero-order valence-corrected chi connectivity index (χ0v) is 9.10. The largest absolute Gasteiger partial charge is 0.468 e. The minimum Gasteiger partial charge on any atom is -0.468 e. The second-order valence-electron chi connectivity index (χ2n) is 3.12. The quantitative estimate of drug-likeness (QED) is 0.653. The minimum absolute atomic E-state index is 0.0784. The standard InChI is InChI=1S/C9H13N3O4/c1-3-11-4-6(10)8(14)12(9(11)15)5-7(13)16-2/h4H,3,5,10H2,1-2H3. The van der Waals surface area contributed by atoms with Gasteiger partial charge in [-0.05, 0) is 6.92 Å². The van der Waals surface area contributed by atoms with Crippen LogP contribution in [0.2, 0.25) is 0 Å². The van der Waals surface area contributed by atoms with Gasteiger partial charge >= 0.3 is 11.7 Å². The molecule has 0 radical (unpaired) electrons. The van der Waals surface area contributed by atoms with E-state index < -0.39 is 23.8 Å². The Bertz CT molecular complexity index is 514. The van der Waals surface area contributed by atoms with Crippen molar-refractivity contribution in [3.63, 3.8) is 0 Å². The summed E-state index contributed by atoms with van der Waals surface area (Å²) in [5, 5.41) is 0. The highest BCUT2D eigenvalue weighted by Gasteiger charge is 2.12. The molecule has 0 unspecified atom stereocenters. The van der Waals surface area contributed by atoms with Gasteiger partial charge in [0.1, 0.15) is 12.2 Å². The molecule has 0 aliphatic carbocycles. The normalized spacial score (nSPS) is 10.1. The lowest BCUT2D eigenvalue weighted by atomic mass is 10.5. The van der Waals surface area contributed by atoms with Crippen LogP contribution in [0.3, 0.4) is 0 Å². The first-order valence-corrected chi connectivity index (χ1v) is 4.67. The summed E-state index contributed by atoms with van der Waals surface area (Å²) in [5.41, 5.74) is 4.10. The number of nitrogens with zero attached hydrogens (tertiary/aromatic N) is 2. The van der Waals surface area contributed by atoms with E-state index in [0.717, 1.165) is 4.57 Å². The summed E-state index contributed by atoms with van der Waals surface area (Å²) in [6, 6.07) is 0. The number of methoxy groups -OCH3 is 1. The number of rotatable bonds is 3. The molecule has 0 aromatic carbocycles. The van der Waals surface area contributed by atoms with E-state index in [2.05, 4.69) is 4.74 Å². The van der Waals surface area contributed by atoms with E-state index in [1.807, 2.05) is 0 Å². The van der Waals surface area contributed by atoms with Crippen LogP contribution in [0.15, 0.2) is 15.8 Å². The zero-order valence-electron chi connectivity index (χ0n) is 9.10. The van der Waals surface area contributed by atoms with Crippen molar-refractivity contribution in [1.82, 2.24) is 9.13 Å². The molecule has 7 heteroatoms. The Morgan fingerprint density at radius 1 is 1.50 bits per heavy atom. The molecule has 0 amide bonds. The van der Waals surface area contributed by atoms with Crippen molar-refractivity contribution in [2.24, 2.45) is 0 Å². The third-order valence-electron chi connectivity index (χ3n) is 2.12. The fraction of sp³-hybridized carbons (Fsp3) is 0.444. The third-order valence-corrected chi connectivity index (χ3v) is 2.12. The molecule has 1 heterocycles. The molecule has 0 saturated heterocycles. The molecular weight excluding hydrogens is 214 g/mol. The second-order valence-corrected chi connectivity index (χ2v) is 3.12. The van der Waals surface area contributed by atoms with Gasteiger partial charge < -0.3 is 10.5 Å². The molecule has 0 aliphatic rings. The molecule has 0 spiro atoms. The molecule has 1 aromatic rings. The van der Waals surface area contributed by atoms with Crippen LogP contribution in [0.5, 0.6) is 0 Å². The number of nitrogens with two attached hydrogens (primary N) is 1. The number of carbonyl (C=O) groups excluding carboxylic acids is 1. The third kappa shape index (κ3) is 2.13. The molecule has 1 rings (SSSR count). The van der Waals surface area contributed by atoms with Gasteiger partial charge in [0, 0.05) is 12.7 Å². The number of esters is 1. The van der Waals surface area contributed by atoms with Gasteiger partial charge in [-0.15, -0.1) is 0 Å². The van der Waals surface area contributed by atoms with E-state index in [9.17, 15) is 14.4 Å². The van der Waals surface area contributed by atoms with Crippen molar-refractivity contribution < 1.29 is 9.53 Å². The van der Waals surface area contributed by atoms with Gasteiger partial charge in [-0.3, -0.25) is 14.2 Å². The first-order chi connectivity index (χ1) is 7.51. The number of aryl methyl sites for hydroxylation is 1. The predicted molar refractivity (Wildman–Crippen MR) is 57.1 cm³/mol. The van der Waals surface area contributed by atoms with Crippen LogP contribution in [0.25, 0.3) is 0 Å². The van der Waals surface area contributed by atoms with E-state index in [4.69, 9.17) is 5.73 Å².